The maximum atomic E-state index is 13.7. The summed E-state index contributed by atoms with van der Waals surface area (Å²) in [6.07, 6.45) is 6.38. The van der Waals surface area contributed by atoms with Crippen LogP contribution in [0.25, 0.3) is 0 Å². The molecule has 5 aliphatic heterocycles. The van der Waals surface area contributed by atoms with Crippen molar-refractivity contribution in [2.45, 2.75) is 62.9 Å². The number of imide groups is 2. The number of halogens is 1. The van der Waals surface area contributed by atoms with Crippen LogP contribution in [0.3, 0.4) is 0 Å². The van der Waals surface area contributed by atoms with Gasteiger partial charge in [0.05, 0.1) is 28.7 Å². The second-order valence-electron chi connectivity index (χ2n) is 15.8. The van der Waals surface area contributed by atoms with E-state index in [1.807, 2.05) is 23.1 Å². The number of rotatable bonds is 6. The van der Waals surface area contributed by atoms with E-state index in [1.165, 1.54) is 10.2 Å². The van der Waals surface area contributed by atoms with Gasteiger partial charge in [0.2, 0.25) is 11.8 Å². The molecule has 55 heavy (non-hydrogen) atoms. The number of carbonyl (C=O) groups is 5. The van der Waals surface area contributed by atoms with Crippen molar-refractivity contribution in [1.29, 1.82) is 0 Å². The first-order chi connectivity index (χ1) is 26.4. The normalized spacial score (nSPS) is 24.3. The Morgan fingerprint density at radius 3 is 2.33 bits per heavy atom. The number of amides is 5. The van der Waals surface area contributed by atoms with Crippen LogP contribution >= 0.6 is 15.9 Å². The molecule has 14 nitrogen and oxygen atoms in total. The van der Waals surface area contributed by atoms with Gasteiger partial charge < -0.3 is 20.0 Å². The molecule has 6 heterocycles. The third-order valence-corrected chi connectivity index (χ3v) is 13.2. The Morgan fingerprint density at radius 1 is 0.909 bits per heavy atom. The van der Waals surface area contributed by atoms with Crippen LogP contribution in [-0.2, 0) is 16.6 Å². The molecule has 0 radical (unpaired) electrons. The lowest BCUT2D eigenvalue weighted by atomic mass is 9.71. The SMILES string of the molecule is CN1CC(Nc2cnn(C)c(=O)c2Br)CC(c2ccc(C(=O)N3CCC4(CC3)CCN(c3cccc5c3C(=O)N(C3CCC(=O)NC3=O)C5=O)CC4)cc2)C1. The number of piperidine rings is 4. The fourth-order valence-corrected chi connectivity index (χ4v) is 9.72. The highest BCUT2D eigenvalue weighted by Gasteiger charge is 2.47. The highest BCUT2D eigenvalue weighted by Crippen LogP contribution is 2.44. The molecule has 2 aromatic carbocycles. The predicted molar refractivity (Wildman–Crippen MR) is 208 cm³/mol. The summed E-state index contributed by atoms with van der Waals surface area (Å²) in [5, 5.41) is 9.93. The van der Waals surface area contributed by atoms with Crippen LogP contribution in [0.1, 0.15) is 87.5 Å². The number of aryl methyl sites for hydroxylation is 1. The molecule has 3 atom stereocenters. The molecule has 1 aromatic heterocycles. The smallest absolute Gasteiger partial charge is 0.282 e. The van der Waals surface area contributed by atoms with Crippen LogP contribution in [0.5, 0.6) is 0 Å². The fourth-order valence-electron chi connectivity index (χ4n) is 9.24. The number of fused-ring (bicyclic) bond motifs is 1. The lowest BCUT2D eigenvalue weighted by molar-refractivity contribution is -0.136. The zero-order valence-corrected chi connectivity index (χ0v) is 32.6. The van der Waals surface area contributed by atoms with Crippen molar-refractivity contribution in [3.05, 3.63) is 85.7 Å². The number of aromatic nitrogens is 2. The summed E-state index contributed by atoms with van der Waals surface area (Å²) >= 11 is 3.42. The fraction of sp³-hybridized carbons (Fsp3) is 0.475. The molecule has 1 spiro atoms. The van der Waals surface area contributed by atoms with Gasteiger partial charge in [0.1, 0.15) is 10.5 Å². The van der Waals surface area contributed by atoms with Crippen LogP contribution in [0, 0.1) is 5.41 Å². The summed E-state index contributed by atoms with van der Waals surface area (Å²) in [4.78, 5) is 84.8. The molecule has 5 aliphatic rings. The summed E-state index contributed by atoms with van der Waals surface area (Å²) in [6.45, 7) is 4.54. The number of carbonyl (C=O) groups excluding carboxylic acids is 5. The predicted octanol–water partition coefficient (Wildman–Crippen LogP) is 3.37. The number of likely N-dealkylation sites (N-methyl/N-ethyl adjacent to an activating group) is 1. The summed E-state index contributed by atoms with van der Waals surface area (Å²) in [5.41, 5.74) is 3.80. The van der Waals surface area contributed by atoms with Crippen molar-refractivity contribution in [1.82, 2.24) is 29.8 Å². The average Bonchev–Trinajstić information content (AvgIpc) is 3.44. The summed E-state index contributed by atoms with van der Waals surface area (Å²) in [6, 6.07) is 12.5. The van der Waals surface area contributed by atoms with Crippen molar-refractivity contribution in [3.8, 4) is 0 Å². The minimum Gasteiger partial charge on any atom is -0.379 e. The largest absolute Gasteiger partial charge is 0.379 e. The Labute approximate surface area is 327 Å². The molecule has 0 aliphatic carbocycles. The third kappa shape index (κ3) is 6.96. The number of hydrogen-bond acceptors (Lipinski definition) is 10. The van der Waals surface area contributed by atoms with E-state index in [9.17, 15) is 28.8 Å². The molecule has 15 heteroatoms. The maximum Gasteiger partial charge on any atom is 0.282 e. The van der Waals surface area contributed by atoms with Gasteiger partial charge in [0, 0.05) is 64.3 Å². The van der Waals surface area contributed by atoms with Crippen LogP contribution in [0.2, 0.25) is 0 Å². The minimum atomic E-state index is -0.997. The van der Waals surface area contributed by atoms with Gasteiger partial charge in [-0.15, -0.1) is 0 Å². The van der Waals surface area contributed by atoms with Gasteiger partial charge >= 0.3 is 0 Å². The van der Waals surface area contributed by atoms with E-state index in [4.69, 9.17) is 0 Å². The third-order valence-electron chi connectivity index (χ3n) is 12.4. The van der Waals surface area contributed by atoms with Crippen molar-refractivity contribution in [2.75, 3.05) is 56.5 Å². The molecule has 2 N–H and O–H groups in total. The standard InChI is InChI=1S/C40H45BrN8O6/c1-45-22-26(20-27(23-45)43-29-21-42-46(2)39(55)34(29)41)24-6-8-25(9-7-24)36(52)48-18-14-40(15-19-48)12-16-47(17-13-40)30-5-3-4-28-33(30)38(54)49(37(28)53)31-10-11-32(50)44-35(31)51/h3-9,21,26-27,31,43H,10-20,22-23H2,1-2H3,(H,44,50,51). The van der Waals surface area contributed by atoms with Crippen LogP contribution < -0.4 is 21.1 Å². The van der Waals surface area contributed by atoms with E-state index in [0.717, 1.165) is 63.2 Å². The van der Waals surface area contributed by atoms with E-state index in [0.29, 0.717) is 45.6 Å². The van der Waals surface area contributed by atoms with E-state index in [1.54, 1.807) is 25.4 Å². The Morgan fingerprint density at radius 2 is 1.62 bits per heavy atom. The number of likely N-dealkylation sites (tertiary alicyclic amines) is 2. The zero-order chi connectivity index (χ0) is 38.6. The molecule has 4 fully saturated rings. The molecular weight excluding hydrogens is 768 g/mol. The summed E-state index contributed by atoms with van der Waals surface area (Å²) < 4.78 is 1.77. The molecule has 0 saturated carbocycles. The second kappa shape index (κ2) is 14.6. The highest BCUT2D eigenvalue weighted by molar-refractivity contribution is 9.10. The molecule has 4 saturated heterocycles. The van der Waals surface area contributed by atoms with Gasteiger partial charge in [-0.05, 0) is 103 Å². The van der Waals surface area contributed by atoms with E-state index < -0.39 is 29.7 Å². The van der Waals surface area contributed by atoms with Gasteiger partial charge in [-0.2, -0.15) is 5.10 Å². The molecule has 8 rings (SSSR count). The molecular formula is C40H45BrN8O6. The first-order valence-electron chi connectivity index (χ1n) is 19.1. The van der Waals surface area contributed by atoms with Crippen LogP contribution in [0.4, 0.5) is 11.4 Å². The van der Waals surface area contributed by atoms with Crippen molar-refractivity contribution < 1.29 is 24.0 Å². The average molecular weight is 814 g/mol. The first-order valence-corrected chi connectivity index (χ1v) is 19.9. The monoisotopic (exact) mass is 812 g/mol. The second-order valence-corrected chi connectivity index (χ2v) is 16.6. The van der Waals surface area contributed by atoms with Gasteiger partial charge in [-0.25, -0.2) is 4.68 Å². The molecule has 0 bridgehead atoms. The van der Waals surface area contributed by atoms with E-state index >= 15 is 0 Å². The lowest BCUT2D eigenvalue weighted by Gasteiger charge is -2.47. The highest BCUT2D eigenvalue weighted by atomic mass is 79.9. The number of anilines is 2. The number of nitrogens with one attached hydrogen (secondary N) is 2. The van der Waals surface area contributed by atoms with Crippen LogP contribution in [0.15, 0.2) is 57.9 Å². The zero-order valence-electron chi connectivity index (χ0n) is 31.1. The minimum absolute atomic E-state index is 0.0470. The Kier molecular flexibility index (Phi) is 9.86. The van der Waals surface area contributed by atoms with Crippen LogP contribution in [-0.4, -0.2) is 112 Å². The topological polar surface area (TPSA) is 157 Å². The number of nitrogens with zero attached hydrogens (tertiary/aromatic N) is 6. The van der Waals surface area contributed by atoms with E-state index in [-0.39, 0.29) is 41.7 Å². The Hall–Kier alpha value is -4.89. The maximum absolute atomic E-state index is 13.7. The summed E-state index contributed by atoms with van der Waals surface area (Å²) in [5.74, 6) is -1.68. The quantitative estimate of drug-likeness (QED) is 0.354. The number of benzene rings is 2. The van der Waals surface area contributed by atoms with Crippen molar-refractivity contribution in [3.63, 3.8) is 0 Å². The first kappa shape index (κ1) is 37.1. The van der Waals surface area contributed by atoms with Gasteiger partial charge in [0.15, 0.2) is 0 Å². The van der Waals surface area contributed by atoms with Gasteiger partial charge in [0.25, 0.3) is 23.3 Å². The Balaban J connectivity index is 0.862. The van der Waals surface area contributed by atoms with Gasteiger partial charge in [-0.3, -0.25) is 39.0 Å². The molecule has 3 unspecified atom stereocenters. The molecule has 5 amide bonds. The van der Waals surface area contributed by atoms with Crippen molar-refractivity contribution >= 4 is 56.8 Å². The van der Waals surface area contributed by atoms with Crippen molar-refractivity contribution in [2.24, 2.45) is 12.5 Å². The Bertz CT molecular complexity index is 2120. The lowest BCUT2D eigenvalue weighted by Crippen LogP contribution is -2.54. The molecule has 288 valence electrons. The summed E-state index contributed by atoms with van der Waals surface area (Å²) in [7, 11) is 3.72. The van der Waals surface area contributed by atoms with E-state index in [2.05, 4.69) is 60.6 Å². The van der Waals surface area contributed by atoms with Gasteiger partial charge in [-0.1, -0.05) is 18.2 Å². The number of hydrogen-bond donors (Lipinski definition) is 2. The molecule has 3 aromatic rings.